The first-order valence-corrected chi connectivity index (χ1v) is 9.10. The molecule has 5 nitrogen and oxygen atoms in total. The first kappa shape index (κ1) is 16.6. The summed E-state index contributed by atoms with van der Waals surface area (Å²) >= 11 is 0. The molecule has 2 aromatic carbocycles. The van der Waals surface area contributed by atoms with Crippen molar-refractivity contribution in [3.05, 3.63) is 72.4 Å². The van der Waals surface area contributed by atoms with Gasteiger partial charge < -0.3 is 5.11 Å². The van der Waals surface area contributed by atoms with Crippen LogP contribution in [-0.2, 0) is 16.4 Å². The molecule has 0 radical (unpaired) electrons. The minimum Gasteiger partial charge on any atom is -0.391 e. The number of aliphatic hydroxyl groups excluding tert-OH is 1. The largest absolute Gasteiger partial charge is 0.391 e. The van der Waals surface area contributed by atoms with Gasteiger partial charge in [0.15, 0.2) is 0 Å². The van der Waals surface area contributed by atoms with Gasteiger partial charge in [-0.3, -0.25) is 4.98 Å². The maximum atomic E-state index is 12.5. The minimum atomic E-state index is -3.75. The molecule has 0 aliphatic heterocycles. The molecule has 1 heterocycles. The monoisotopic (exact) mass is 342 g/mol. The molecule has 1 atom stereocenters. The van der Waals surface area contributed by atoms with E-state index in [0.29, 0.717) is 11.9 Å². The lowest BCUT2D eigenvalue weighted by atomic mass is 10.1. The third-order valence-electron chi connectivity index (χ3n) is 3.71. The maximum absolute atomic E-state index is 12.5. The maximum Gasteiger partial charge on any atom is 0.242 e. The number of nitrogens with one attached hydrogen (secondary N) is 1. The highest BCUT2D eigenvalue weighted by atomic mass is 32.2. The molecule has 3 aromatic rings. The number of fused-ring (bicyclic) bond motifs is 1. The Morgan fingerprint density at radius 1 is 1.00 bits per heavy atom. The summed E-state index contributed by atoms with van der Waals surface area (Å²) in [5, 5.41) is 10.8. The average molecular weight is 342 g/mol. The summed E-state index contributed by atoms with van der Waals surface area (Å²) in [4.78, 5) is 4.28. The van der Waals surface area contributed by atoms with Gasteiger partial charge in [-0.05, 0) is 24.1 Å². The normalized spacial score (nSPS) is 13.0. The van der Waals surface area contributed by atoms with Crippen LogP contribution in [0.2, 0.25) is 0 Å². The molecule has 6 heteroatoms. The van der Waals surface area contributed by atoms with Gasteiger partial charge in [-0.2, -0.15) is 0 Å². The molecular formula is C18H18N2O3S. The third kappa shape index (κ3) is 3.79. The highest BCUT2D eigenvalue weighted by molar-refractivity contribution is 7.89. The number of hydrogen-bond donors (Lipinski definition) is 2. The summed E-state index contributed by atoms with van der Waals surface area (Å²) in [6.07, 6.45) is 1.15. The van der Waals surface area contributed by atoms with E-state index in [4.69, 9.17) is 0 Å². The van der Waals surface area contributed by atoms with Gasteiger partial charge in [0.05, 0.1) is 11.6 Å². The Hall–Kier alpha value is -2.28. The zero-order chi connectivity index (χ0) is 17.0. The summed E-state index contributed by atoms with van der Waals surface area (Å²) in [5.41, 5.74) is 1.38. The van der Waals surface area contributed by atoms with Crippen LogP contribution in [-0.4, -0.2) is 31.2 Å². The molecule has 124 valence electrons. The highest BCUT2D eigenvalue weighted by Crippen LogP contribution is 2.20. The van der Waals surface area contributed by atoms with E-state index >= 15 is 0 Å². The number of aliphatic hydroxyl groups is 1. The van der Waals surface area contributed by atoms with Crippen LogP contribution in [0.5, 0.6) is 0 Å². The number of aromatic nitrogens is 1. The number of sulfonamides is 1. The van der Waals surface area contributed by atoms with Crippen molar-refractivity contribution in [2.45, 2.75) is 17.4 Å². The Morgan fingerprint density at radius 3 is 2.54 bits per heavy atom. The van der Waals surface area contributed by atoms with E-state index in [1.54, 1.807) is 18.3 Å². The van der Waals surface area contributed by atoms with E-state index in [1.165, 1.54) is 6.07 Å². The number of para-hydroxylation sites is 1. The number of rotatable bonds is 6. The molecule has 0 saturated carbocycles. The van der Waals surface area contributed by atoms with Crippen molar-refractivity contribution in [2.75, 3.05) is 6.54 Å². The molecule has 2 N–H and O–H groups in total. The molecule has 3 rings (SSSR count). The van der Waals surface area contributed by atoms with Crippen LogP contribution < -0.4 is 4.72 Å². The molecule has 1 aromatic heterocycles. The molecule has 0 aliphatic rings. The summed E-state index contributed by atoms with van der Waals surface area (Å²) in [6, 6.07) is 18.0. The lowest BCUT2D eigenvalue weighted by Gasteiger charge is -2.13. The Kier molecular flexibility index (Phi) is 4.89. The van der Waals surface area contributed by atoms with Crippen LogP contribution in [0.15, 0.2) is 71.8 Å². The van der Waals surface area contributed by atoms with Crippen LogP contribution >= 0.6 is 0 Å². The summed E-state index contributed by atoms with van der Waals surface area (Å²) < 4.78 is 27.6. The Balaban J connectivity index is 1.74. The molecule has 0 saturated heterocycles. The highest BCUT2D eigenvalue weighted by Gasteiger charge is 2.19. The van der Waals surface area contributed by atoms with Gasteiger partial charge >= 0.3 is 0 Å². The lowest BCUT2D eigenvalue weighted by molar-refractivity contribution is 0.179. The van der Waals surface area contributed by atoms with Gasteiger partial charge in [-0.1, -0.05) is 48.5 Å². The van der Waals surface area contributed by atoms with Crippen LogP contribution in [0.1, 0.15) is 5.56 Å². The molecular weight excluding hydrogens is 324 g/mol. The van der Waals surface area contributed by atoms with Crippen LogP contribution in [0, 0.1) is 0 Å². The molecule has 24 heavy (non-hydrogen) atoms. The second-order valence-electron chi connectivity index (χ2n) is 5.53. The molecule has 0 amide bonds. The summed E-state index contributed by atoms with van der Waals surface area (Å²) in [5.74, 6) is 0. The van der Waals surface area contributed by atoms with Crippen LogP contribution in [0.4, 0.5) is 0 Å². The van der Waals surface area contributed by atoms with Crippen molar-refractivity contribution < 1.29 is 13.5 Å². The Labute approximate surface area is 141 Å². The van der Waals surface area contributed by atoms with Gasteiger partial charge in [0.1, 0.15) is 4.90 Å². The minimum absolute atomic E-state index is 0.0551. The SMILES string of the molecule is O=S(=O)(NC[C@H](O)Cc1ccccc1)c1cccc2cccnc12. The van der Waals surface area contributed by atoms with E-state index in [9.17, 15) is 13.5 Å². The summed E-state index contributed by atoms with van der Waals surface area (Å²) in [6.45, 7) is -0.0551. The Morgan fingerprint density at radius 2 is 1.75 bits per heavy atom. The van der Waals surface area contributed by atoms with E-state index in [0.717, 1.165) is 10.9 Å². The fourth-order valence-corrected chi connectivity index (χ4v) is 3.79. The topological polar surface area (TPSA) is 79.3 Å². The predicted octanol–water partition coefficient (Wildman–Crippen LogP) is 2.12. The second kappa shape index (κ2) is 7.09. The van der Waals surface area contributed by atoms with Gasteiger partial charge in [-0.15, -0.1) is 0 Å². The predicted molar refractivity (Wildman–Crippen MR) is 93.1 cm³/mol. The van der Waals surface area contributed by atoms with E-state index < -0.39 is 16.1 Å². The smallest absolute Gasteiger partial charge is 0.242 e. The van der Waals surface area contributed by atoms with Gasteiger partial charge in [0, 0.05) is 18.1 Å². The van der Waals surface area contributed by atoms with E-state index in [1.807, 2.05) is 42.5 Å². The van der Waals surface area contributed by atoms with Gasteiger partial charge in [0.2, 0.25) is 10.0 Å². The van der Waals surface area contributed by atoms with Crippen molar-refractivity contribution in [1.82, 2.24) is 9.71 Å². The number of benzene rings is 2. The number of nitrogens with zero attached hydrogens (tertiary/aromatic N) is 1. The third-order valence-corrected chi connectivity index (χ3v) is 5.16. The van der Waals surface area contributed by atoms with E-state index in [2.05, 4.69) is 9.71 Å². The fourth-order valence-electron chi connectivity index (χ4n) is 2.54. The first-order chi connectivity index (χ1) is 11.6. The van der Waals surface area contributed by atoms with Crippen molar-refractivity contribution >= 4 is 20.9 Å². The van der Waals surface area contributed by atoms with Gasteiger partial charge in [0.25, 0.3) is 0 Å². The zero-order valence-corrected chi connectivity index (χ0v) is 13.8. The standard InChI is InChI=1S/C18H18N2O3S/c21-16(12-14-6-2-1-3-7-14)13-20-24(22,23)17-10-4-8-15-9-5-11-19-18(15)17/h1-11,16,20-21H,12-13H2/t16-/m1/s1. The van der Waals surface area contributed by atoms with Crippen LogP contribution in [0.3, 0.4) is 0 Å². The van der Waals surface area contributed by atoms with Gasteiger partial charge in [-0.25, -0.2) is 13.1 Å². The quantitative estimate of drug-likeness (QED) is 0.719. The molecule has 0 bridgehead atoms. The van der Waals surface area contributed by atoms with E-state index in [-0.39, 0.29) is 11.4 Å². The molecule has 0 spiro atoms. The van der Waals surface area contributed by atoms with Crippen LogP contribution in [0.25, 0.3) is 10.9 Å². The Bertz CT molecular complexity index is 922. The lowest BCUT2D eigenvalue weighted by Crippen LogP contribution is -2.33. The average Bonchev–Trinajstić information content (AvgIpc) is 2.60. The number of hydrogen-bond acceptors (Lipinski definition) is 4. The molecule has 0 aliphatic carbocycles. The second-order valence-corrected chi connectivity index (χ2v) is 7.26. The number of pyridine rings is 1. The molecule has 0 fully saturated rings. The van der Waals surface area contributed by atoms with Crippen molar-refractivity contribution in [1.29, 1.82) is 0 Å². The fraction of sp³-hybridized carbons (Fsp3) is 0.167. The molecule has 0 unspecified atom stereocenters. The van der Waals surface area contributed by atoms with Crippen molar-refractivity contribution in [3.63, 3.8) is 0 Å². The van der Waals surface area contributed by atoms with Crippen molar-refractivity contribution in [3.8, 4) is 0 Å². The summed E-state index contributed by atoms with van der Waals surface area (Å²) in [7, 11) is -3.75. The first-order valence-electron chi connectivity index (χ1n) is 7.62. The van der Waals surface area contributed by atoms with Crippen molar-refractivity contribution in [2.24, 2.45) is 0 Å². The zero-order valence-electron chi connectivity index (χ0n) is 13.0.